The van der Waals surface area contributed by atoms with Crippen LogP contribution in [0.1, 0.15) is 24.7 Å². The van der Waals surface area contributed by atoms with Gasteiger partial charge in [0.25, 0.3) is 0 Å². The smallest absolute Gasteiger partial charge is 0.143 e. The first-order valence-electron chi connectivity index (χ1n) is 23.0. The zero-order valence-corrected chi connectivity index (χ0v) is 23.2. The standard InChI is InChI=1S/C44H28O/c1-3-13-29(14-4-1)30-25-27-32(28-26-30)41-34-17-7-9-19-36(34)42(37-20-10-8-18-35(37)41)40-24-12-23-39-38-22-11-21-33(43(38)45-44(39)40)31-15-5-2-6-16-31/h1-28H/i1D,2D,3D,4D,5D,6D,7D,8D,9D,10D,13D,14D,15D,16D,17D,18D,19D,20D. The van der Waals surface area contributed by atoms with Crippen molar-refractivity contribution in [3.63, 3.8) is 0 Å². The Morgan fingerprint density at radius 2 is 0.778 bits per heavy atom. The Hall–Kier alpha value is -5.92. The van der Waals surface area contributed by atoms with Gasteiger partial charge >= 0.3 is 0 Å². The van der Waals surface area contributed by atoms with E-state index < -0.39 is 109 Å². The van der Waals surface area contributed by atoms with Crippen LogP contribution in [0.25, 0.3) is 88.0 Å². The molecule has 0 amide bonds. The van der Waals surface area contributed by atoms with Gasteiger partial charge in [-0.15, -0.1) is 0 Å². The van der Waals surface area contributed by atoms with E-state index in [9.17, 15) is 5.48 Å². The molecule has 0 atom stereocenters. The summed E-state index contributed by atoms with van der Waals surface area (Å²) in [6, 6.07) is 5.99. The van der Waals surface area contributed by atoms with E-state index in [1.54, 1.807) is 36.4 Å². The van der Waals surface area contributed by atoms with E-state index >= 15 is 0 Å². The first kappa shape index (κ1) is 13.4. The van der Waals surface area contributed by atoms with Crippen LogP contribution in [0.3, 0.4) is 0 Å². The van der Waals surface area contributed by atoms with Crippen molar-refractivity contribution in [3.05, 3.63) is 169 Å². The fourth-order valence-corrected chi connectivity index (χ4v) is 5.98. The van der Waals surface area contributed by atoms with E-state index in [0.29, 0.717) is 10.8 Å². The van der Waals surface area contributed by atoms with Crippen molar-refractivity contribution in [2.45, 2.75) is 0 Å². The first-order valence-corrected chi connectivity index (χ1v) is 14.0. The molecule has 0 radical (unpaired) electrons. The van der Waals surface area contributed by atoms with E-state index in [2.05, 4.69) is 0 Å². The Balaban J connectivity index is 1.44. The third-order valence-corrected chi connectivity index (χ3v) is 7.90. The molecule has 0 aliphatic carbocycles. The zero-order valence-electron chi connectivity index (χ0n) is 41.2. The Morgan fingerprint density at radius 1 is 0.333 bits per heavy atom. The van der Waals surface area contributed by atoms with Crippen LogP contribution in [0.2, 0.25) is 0 Å². The molecule has 210 valence electrons. The molecular formula is C44H28O. The highest BCUT2D eigenvalue weighted by atomic mass is 16.3. The molecule has 1 nitrogen and oxygen atoms in total. The van der Waals surface area contributed by atoms with Crippen molar-refractivity contribution in [1.29, 1.82) is 0 Å². The van der Waals surface area contributed by atoms with Crippen molar-refractivity contribution < 1.29 is 29.1 Å². The largest absolute Gasteiger partial charge is 0.455 e. The lowest BCUT2D eigenvalue weighted by Crippen LogP contribution is -1.91. The second-order valence-electron chi connectivity index (χ2n) is 10.3. The Kier molecular flexibility index (Phi) is 3.08. The van der Waals surface area contributed by atoms with Crippen molar-refractivity contribution >= 4 is 43.5 Å². The Bertz CT molecular complexity index is 3400. The molecule has 0 spiro atoms. The summed E-state index contributed by atoms with van der Waals surface area (Å²) in [5, 5.41) is 0.495. The normalized spacial score (nSPS) is 17.2. The van der Waals surface area contributed by atoms with Crippen molar-refractivity contribution in [3.8, 4) is 44.5 Å². The van der Waals surface area contributed by atoms with E-state index in [0.717, 1.165) is 0 Å². The monoisotopic (exact) mass is 590 g/mol. The lowest BCUT2D eigenvalue weighted by Gasteiger charge is -2.18. The number of fused-ring (bicyclic) bond motifs is 5. The van der Waals surface area contributed by atoms with Gasteiger partial charge in [0.1, 0.15) is 11.2 Å². The molecule has 0 aliphatic rings. The predicted octanol–water partition coefficient (Wildman–Crippen LogP) is 12.6. The van der Waals surface area contributed by atoms with E-state index in [4.69, 9.17) is 23.6 Å². The van der Waals surface area contributed by atoms with E-state index in [1.165, 1.54) is 24.3 Å². The number of furan rings is 1. The third-order valence-electron chi connectivity index (χ3n) is 7.90. The maximum absolute atomic E-state index is 9.39. The maximum atomic E-state index is 9.39. The highest BCUT2D eigenvalue weighted by Gasteiger charge is 2.21. The summed E-state index contributed by atoms with van der Waals surface area (Å²) < 4.78 is 163. The number of para-hydroxylation sites is 2. The van der Waals surface area contributed by atoms with Crippen molar-refractivity contribution in [1.82, 2.24) is 0 Å². The van der Waals surface area contributed by atoms with Gasteiger partial charge in [-0.1, -0.05) is 169 Å². The summed E-state index contributed by atoms with van der Waals surface area (Å²) in [5.41, 5.74) is 0.859. The first-order chi connectivity index (χ1) is 29.8. The molecule has 0 saturated carbocycles. The van der Waals surface area contributed by atoms with Crippen molar-refractivity contribution in [2.24, 2.45) is 0 Å². The van der Waals surface area contributed by atoms with Gasteiger partial charge in [-0.05, 0) is 49.4 Å². The zero-order chi connectivity index (χ0) is 45.4. The average molecular weight is 591 g/mol. The molecule has 8 aromatic carbocycles. The Morgan fingerprint density at radius 3 is 1.36 bits per heavy atom. The van der Waals surface area contributed by atoms with Gasteiger partial charge in [0, 0.05) is 27.5 Å². The van der Waals surface area contributed by atoms with Crippen LogP contribution in [-0.4, -0.2) is 0 Å². The topological polar surface area (TPSA) is 13.1 Å². The third kappa shape index (κ3) is 4.09. The van der Waals surface area contributed by atoms with Gasteiger partial charge in [0.15, 0.2) is 0 Å². The van der Waals surface area contributed by atoms with E-state index in [-0.39, 0.29) is 77.2 Å². The summed E-state index contributed by atoms with van der Waals surface area (Å²) in [6.07, 6.45) is 0. The average Bonchev–Trinajstić information content (AvgIpc) is 3.68. The SMILES string of the molecule is [2H]c1c([2H])c([2H])c(-c2ccc(-c3c4c([2H])c([2H])c([2H])c([2H])c4c(-c4cccc5c4oc4c(-c6c([2H])c([2H])c([2H])c([2H])c6[2H])cccc45)c4c([2H])c([2H])c([2H])c([2H])c34)cc2)c([2H])c1[2H]. The van der Waals surface area contributed by atoms with Gasteiger partial charge in [0.2, 0.25) is 0 Å². The van der Waals surface area contributed by atoms with Crippen LogP contribution in [-0.2, 0) is 0 Å². The highest BCUT2D eigenvalue weighted by molar-refractivity contribution is 6.24. The minimum Gasteiger partial charge on any atom is -0.455 e. The molecule has 1 heteroatoms. The summed E-state index contributed by atoms with van der Waals surface area (Å²) >= 11 is 0. The fraction of sp³-hybridized carbons (Fsp3) is 0. The van der Waals surface area contributed by atoms with Crippen LogP contribution in [0.4, 0.5) is 0 Å². The summed E-state index contributed by atoms with van der Waals surface area (Å²) in [4.78, 5) is 0. The van der Waals surface area contributed by atoms with Gasteiger partial charge in [0.05, 0.1) is 24.7 Å². The number of hydrogen-bond acceptors (Lipinski definition) is 1. The molecule has 0 saturated heterocycles. The summed E-state index contributed by atoms with van der Waals surface area (Å²) in [7, 11) is 0. The highest BCUT2D eigenvalue weighted by Crippen LogP contribution is 2.47. The Labute approximate surface area is 286 Å². The molecule has 9 rings (SSSR count). The van der Waals surface area contributed by atoms with Gasteiger partial charge in [-0.2, -0.15) is 0 Å². The molecule has 9 aromatic rings. The molecule has 1 aromatic heterocycles. The molecule has 0 aliphatic heterocycles. The van der Waals surface area contributed by atoms with Crippen LogP contribution in [0, 0.1) is 0 Å². The van der Waals surface area contributed by atoms with Crippen LogP contribution in [0.5, 0.6) is 0 Å². The minimum atomic E-state index is -0.628. The molecule has 0 N–H and O–H groups in total. The molecule has 0 bridgehead atoms. The molecular weight excluding hydrogens is 544 g/mol. The van der Waals surface area contributed by atoms with Crippen LogP contribution in [0.15, 0.2) is 174 Å². The summed E-state index contributed by atoms with van der Waals surface area (Å²) in [5.74, 6) is 0. The molecule has 1 heterocycles. The quantitative estimate of drug-likeness (QED) is 0.186. The second kappa shape index (κ2) is 10.4. The fourth-order valence-electron chi connectivity index (χ4n) is 5.98. The van der Waals surface area contributed by atoms with E-state index in [1.807, 2.05) is 0 Å². The van der Waals surface area contributed by atoms with Crippen molar-refractivity contribution in [2.75, 3.05) is 0 Å². The summed E-state index contributed by atoms with van der Waals surface area (Å²) in [6.45, 7) is 0. The molecule has 0 unspecified atom stereocenters. The lowest BCUT2D eigenvalue weighted by atomic mass is 9.85. The second-order valence-corrected chi connectivity index (χ2v) is 10.3. The van der Waals surface area contributed by atoms with Gasteiger partial charge in [-0.3, -0.25) is 0 Å². The predicted molar refractivity (Wildman–Crippen MR) is 190 cm³/mol. The minimum absolute atomic E-state index is 0.00693. The lowest BCUT2D eigenvalue weighted by molar-refractivity contribution is 0.671. The van der Waals surface area contributed by atoms with Gasteiger partial charge in [-0.25, -0.2) is 0 Å². The number of rotatable bonds is 4. The number of hydrogen-bond donors (Lipinski definition) is 0. The molecule has 45 heavy (non-hydrogen) atoms. The number of benzene rings is 8. The maximum Gasteiger partial charge on any atom is 0.143 e. The van der Waals surface area contributed by atoms with Crippen LogP contribution >= 0.6 is 0 Å². The molecule has 0 fully saturated rings. The van der Waals surface area contributed by atoms with Gasteiger partial charge < -0.3 is 4.42 Å². The van der Waals surface area contributed by atoms with Crippen LogP contribution < -0.4 is 0 Å².